The second-order valence-electron chi connectivity index (χ2n) is 4.99. The lowest BCUT2D eigenvalue weighted by Gasteiger charge is -2.37. The molecule has 2 N–H and O–H groups in total. The lowest BCUT2D eigenvalue weighted by atomic mass is 9.87. The van der Waals surface area contributed by atoms with Crippen LogP contribution in [0.15, 0.2) is 0 Å². The van der Waals surface area contributed by atoms with E-state index in [1.807, 2.05) is 0 Å². The molecule has 6 nitrogen and oxygen atoms in total. The van der Waals surface area contributed by atoms with E-state index in [9.17, 15) is 14.4 Å². The number of imide groups is 1. The summed E-state index contributed by atoms with van der Waals surface area (Å²) in [5.74, 6) is -0.748. The van der Waals surface area contributed by atoms with Gasteiger partial charge in [0.1, 0.15) is 0 Å². The molecule has 2 atom stereocenters. The van der Waals surface area contributed by atoms with E-state index in [1.54, 1.807) is 4.90 Å². The summed E-state index contributed by atoms with van der Waals surface area (Å²) in [5, 5.41) is 5.41. The lowest BCUT2D eigenvalue weighted by molar-refractivity contribution is -0.141. The van der Waals surface area contributed by atoms with Gasteiger partial charge >= 0.3 is 0 Å². The number of fused-ring (bicyclic) bond motifs is 1. The van der Waals surface area contributed by atoms with Gasteiger partial charge in [-0.15, -0.1) is 0 Å². The minimum Gasteiger partial charge on any atom is -0.342 e. The Morgan fingerprint density at radius 2 is 1.88 bits per heavy atom. The van der Waals surface area contributed by atoms with Gasteiger partial charge in [-0.05, 0) is 6.42 Å². The number of carbonyl (C=O) groups excluding carboxylic acids is 3. The van der Waals surface area contributed by atoms with Crippen molar-refractivity contribution in [1.29, 1.82) is 0 Å². The highest BCUT2D eigenvalue weighted by Crippen LogP contribution is 2.29. The fourth-order valence-electron chi connectivity index (χ4n) is 2.76. The van der Waals surface area contributed by atoms with Crippen LogP contribution in [0.4, 0.5) is 0 Å². The Labute approximate surface area is 98.7 Å². The molecular formula is C11H15N3O3. The van der Waals surface area contributed by atoms with Crippen LogP contribution in [0.1, 0.15) is 6.42 Å². The van der Waals surface area contributed by atoms with E-state index in [4.69, 9.17) is 0 Å². The van der Waals surface area contributed by atoms with Crippen LogP contribution in [0.2, 0.25) is 0 Å². The minimum absolute atomic E-state index is 0.0618. The van der Waals surface area contributed by atoms with Crippen LogP contribution in [0.5, 0.6) is 0 Å². The number of amides is 3. The summed E-state index contributed by atoms with van der Waals surface area (Å²) in [5.41, 5.74) is 0. The third kappa shape index (κ3) is 1.63. The highest BCUT2D eigenvalue weighted by atomic mass is 16.2. The number of nitrogens with one attached hydrogen (secondary N) is 2. The zero-order valence-corrected chi connectivity index (χ0v) is 9.44. The molecule has 0 bridgehead atoms. The zero-order chi connectivity index (χ0) is 12.0. The molecule has 0 aromatic heterocycles. The van der Waals surface area contributed by atoms with Crippen molar-refractivity contribution in [2.24, 2.45) is 17.8 Å². The quantitative estimate of drug-likeness (QED) is 0.534. The van der Waals surface area contributed by atoms with Gasteiger partial charge in [-0.3, -0.25) is 19.7 Å². The van der Waals surface area contributed by atoms with Crippen LogP contribution in [0.25, 0.3) is 0 Å². The van der Waals surface area contributed by atoms with Gasteiger partial charge in [0.2, 0.25) is 17.7 Å². The first-order chi connectivity index (χ1) is 8.16. The van der Waals surface area contributed by atoms with Gasteiger partial charge in [0.15, 0.2) is 0 Å². The number of carbonyl (C=O) groups is 3. The normalized spacial score (nSPS) is 33.1. The molecule has 3 amide bonds. The molecular weight excluding hydrogens is 222 g/mol. The molecule has 0 aromatic carbocycles. The predicted octanol–water partition coefficient (Wildman–Crippen LogP) is -1.67. The monoisotopic (exact) mass is 237 g/mol. The van der Waals surface area contributed by atoms with E-state index in [2.05, 4.69) is 10.6 Å². The molecule has 3 rings (SSSR count). The first-order valence-corrected chi connectivity index (χ1v) is 6.01. The molecule has 0 unspecified atom stereocenters. The maximum Gasteiger partial charge on any atom is 0.232 e. The van der Waals surface area contributed by atoms with Crippen LogP contribution in [0, 0.1) is 17.8 Å². The number of hydrogen-bond acceptors (Lipinski definition) is 4. The molecule has 3 heterocycles. The first-order valence-electron chi connectivity index (χ1n) is 6.01. The van der Waals surface area contributed by atoms with Gasteiger partial charge in [-0.25, -0.2) is 0 Å². The summed E-state index contributed by atoms with van der Waals surface area (Å²) in [4.78, 5) is 36.8. The van der Waals surface area contributed by atoms with Crippen molar-refractivity contribution in [2.45, 2.75) is 6.42 Å². The Kier molecular flexibility index (Phi) is 2.39. The van der Waals surface area contributed by atoms with Crippen LogP contribution in [0.3, 0.4) is 0 Å². The molecule has 92 valence electrons. The van der Waals surface area contributed by atoms with Gasteiger partial charge in [0.05, 0.1) is 17.8 Å². The fourth-order valence-corrected chi connectivity index (χ4v) is 2.76. The van der Waals surface area contributed by atoms with Gasteiger partial charge < -0.3 is 10.2 Å². The fraction of sp³-hybridized carbons (Fsp3) is 0.727. The van der Waals surface area contributed by atoms with Crippen LogP contribution in [-0.2, 0) is 14.4 Å². The van der Waals surface area contributed by atoms with Gasteiger partial charge in [0.25, 0.3) is 0 Å². The number of nitrogens with zero attached hydrogens (tertiary/aromatic N) is 1. The second-order valence-corrected chi connectivity index (χ2v) is 4.99. The maximum atomic E-state index is 12.0. The van der Waals surface area contributed by atoms with Crippen molar-refractivity contribution >= 4 is 17.7 Å². The number of hydrogen-bond donors (Lipinski definition) is 2. The predicted molar refractivity (Wildman–Crippen MR) is 57.7 cm³/mol. The van der Waals surface area contributed by atoms with Crippen LogP contribution in [-0.4, -0.2) is 48.8 Å². The third-order valence-corrected chi connectivity index (χ3v) is 3.98. The van der Waals surface area contributed by atoms with E-state index in [1.165, 1.54) is 0 Å². The summed E-state index contributed by atoms with van der Waals surface area (Å²) in [6.07, 6.45) is 0.605. The second kappa shape index (κ2) is 3.80. The Bertz CT molecular complexity index is 391. The highest BCUT2D eigenvalue weighted by Gasteiger charge is 2.46. The molecule has 17 heavy (non-hydrogen) atoms. The van der Waals surface area contributed by atoms with Gasteiger partial charge in [0, 0.05) is 26.2 Å². The molecule has 3 aliphatic heterocycles. The molecule has 0 saturated carbocycles. The molecule has 3 aliphatic rings. The van der Waals surface area contributed by atoms with Crippen molar-refractivity contribution in [3.63, 3.8) is 0 Å². The van der Waals surface area contributed by atoms with E-state index in [0.717, 1.165) is 13.1 Å². The summed E-state index contributed by atoms with van der Waals surface area (Å²) in [6, 6.07) is 0. The third-order valence-electron chi connectivity index (χ3n) is 3.98. The minimum atomic E-state index is -0.326. The molecule has 3 fully saturated rings. The smallest absolute Gasteiger partial charge is 0.232 e. The van der Waals surface area contributed by atoms with Crippen molar-refractivity contribution < 1.29 is 14.4 Å². The average Bonchev–Trinajstić information content (AvgIpc) is 2.52. The molecule has 3 saturated heterocycles. The average molecular weight is 237 g/mol. The van der Waals surface area contributed by atoms with E-state index in [-0.39, 0.29) is 35.5 Å². The summed E-state index contributed by atoms with van der Waals surface area (Å²) >= 11 is 0. The number of piperidine rings is 1. The van der Waals surface area contributed by atoms with Crippen molar-refractivity contribution in [3.05, 3.63) is 0 Å². The summed E-state index contributed by atoms with van der Waals surface area (Å²) in [6.45, 7) is 2.46. The van der Waals surface area contributed by atoms with Gasteiger partial charge in [-0.1, -0.05) is 0 Å². The summed E-state index contributed by atoms with van der Waals surface area (Å²) < 4.78 is 0. The van der Waals surface area contributed by atoms with Crippen LogP contribution >= 0.6 is 0 Å². The van der Waals surface area contributed by atoms with Crippen molar-refractivity contribution in [1.82, 2.24) is 15.5 Å². The zero-order valence-electron chi connectivity index (χ0n) is 9.44. The van der Waals surface area contributed by atoms with E-state index >= 15 is 0 Å². The van der Waals surface area contributed by atoms with E-state index < -0.39 is 0 Å². The van der Waals surface area contributed by atoms with Gasteiger partial charge in [-0.2, -0.15) is 0 Å². The topological polar surface area (TPSA) is 78.5 Å². The Morgan fingerprint density at radius 3 is 2.53 bits per heavy atom. The number of likely N-dealkylation sites (tertiary alicyclic amines) is 1. The Morgan fingerprint density at radius 1 is 1.18 bits per heavy atom. The van der Waals surface area contributed by atoms with Crippen molar-refractivity contribution in [2.75, 3.05) is 26.2 Å². The Balaban J connectivity index is 1.69. The van der Waals surface area contributed by atoms with Crippen molar-refractivity contribution in [3.8, 4) is 0 Å². The standard InChI is InChI=1S/C11H15N3O3/c15-9-7-1-2-14(5-8(7)10(16)13-9)11(17)6-3-12-4-6/h6-8,12H,1-5H2,(H,13,15,16)/t7-,8-/m0/s1. The first kappa shape index (κ1) is 10.7. The molecule has 0 radical (unpaired) electrons. The maximum absolute atomic E-state index is 12.0. The molecule has 0 aromatic rings. The van der Waals surface area contributed by atoms with E-state index in [0.29, 0.717) is 19.5 Å². The highest BCUT2D eigenvalue weighted by molar-refractivity contribution is 6.05. The Hall–Kier alpha value is -1.43. The molecule has 6 heteroatoms. The SMILES string of the molecule is O=C1NC(=O)[C@H]2CN(C(=O)C3CNC3)CC[C@H]12. The molecule has 0 aliphatic carbocycles. The number of rotatable bonds is 1. The lowest BCUT2D eigenvalue weighted by Crippen LogP contribution is -2.55. The molecule has 0 spiro atoms. The largest absolute Gasteiger partial charge is 0.342 e. The van der Waals surface area contributed by atoms with Crippen LogP contribution < -0.4 is 10.6 Å². The summed E-state index contributed by atoms with van der Waals surface area (Å²) in [7, 11) is 0.